The third-order valence-electron chi connectivity index (χ3n) is 8.81. The molecule has 3 aliphatic heterocycles. The number of hydrogen-bond donors (Lipinski definition) is 1. The summed E-state index contributed by atoms with van der Waals surface area (Å²) in [5, 5.41) is 12.4. The van der Waals surface area contributed by atoms with Crippen LogP contribution in [0, 0.1) is 29.0 Å². The van der Waals surface area contributed by atoms with Crippen molar-refractivity contribution >= 4 is 17.9 Å². The third kappa shape index (κ3) is 4.97. The number of rotatable bonds is 7. The zero-order chi connectivity index (χ0) is 27.6. The maximum Gasteiger partial charge on any atom is 0.408 e. The molecule has 5 fully saturated rings. The van der Waals surface area contributed by atoms with E-state index in [1.165, 1.54) is 12.1 Å². The molecule has 7 atom stereocenters. The van der Waals surface area contributed by atoms with Crippen molar-refractivity contribution in [3.63, 3.8) is 0 Å². The highest BCUT2D eigenvalue weighted by molar-refractivity contribution is 5.89. The fourth-order valence-electron chi connectivity index (χ4n) is 6.93. The fraction of sp³-hybridized carbons (Fsp3) is 0.655. The van der Waals surface area contributed by atoms with Gasteiger partial charge in [-0.2, -0.15) is 5.26 Å². The molecule has 6 rings (SSSR count). The molecule has 2 bridgehead atoms. The van der Waals surface area contributed by atoms with Crippen LogP contribution >= 0.6 is 0 Å². The molecule has 1 aromatic rings. The van der Waals surface area contributed by atoms with Gasteiger partial charge in [0.15, 0.2) is 0 Å². The molecule has 3 amide bonds. The Bertz CT molecular complexity index is 1210. The molecule has 1 N–H and O–H groups in total. The van der Waals surface area contributed by atoms with Crippen LogP contribution in [0.5, 0.6) is 0 Å². The first-order chi connectivity index (χ1) is 18.5. The lowest BCUT2D eigenvalue weighted by atomic mass is 9.99. The van der Waals surface area contributed by atoms with E-state index in [0.717, 1.165) is 24.8 Å². The summed E-state index contributed by atoms with van der Waals surface area (Å²) < 4.78 is 19.1. The molecule has 2 aliphatic carbocycles. The second kappa shape index (κ2) is 9.47. The van der Waals surface area contributed by atoms with E-state index >= 15 is 0 Å². The molecule has 208 valence electrons. The minimum Gasteiger partial charge on any atom is -0.444 e. The van der Waals surface area contributed by atoms with E-state index in [1.54, 1.807) is 37.8 Å². The molecule has 0 aromatic heterocycles. The Morgan fingerprint density at radius 3 is 2.51 bits per heavy atom. The van der Waals surface area contributed by atoms with E-state index in [2.05, 4.69) is 11.4 Å². The summed E-state index contributed by atoms with van der Waals surface area (Å²) in [6.07, 6.45) is 3.61. The minimum atomic E-state index is -0.924. The van der Waals surface area contributed by atoms with Gasteiger partial charge in [-0.1, -0.05) is 12.1 Å². The molecule has 0 radical (unpaired) electrons. The Labute approximate surface area is 228 Å². The number of hydrogen-bond acceptors (Lipinski definition) is 6. The van der Waals surface area contributed by atoms with Crippen LogP contribution in [0.3, 0.4) is 0 Å². The standard InChI is InChI=1S/C29H36FN5O4/c1-29(2,3)39-28(38)32-22(26(36)34-20(13-31)10-18-11-23(18)34)15-33-14-21-12-24(33)27(37)35(21)25(16-4-5-16)17-6-8-19(30)9-7-17/h6-9,16,18,20-25H,4-5,10-12,14-15H2,1-3H3,(H,32,38)/t18-,20?,21+,22?,23+,24?,25?/m1/s1. The van der Waals surface area contributed by atoms with Gasteiger partial charge >= 0.3 is 6.09 Å². The molecule has 9 nitrogen and oxygen atoms in total. The van der Waals surface area contributed by atoms with Crippen LogP contribution in [-0.4, -0.2) is 81.5 Å². The van der Waals surface area contributed by atoms with Gasteiger partial charge in [0.2, 0.25) is 11.8 Å². The van der Waals surface area contributed by atoms with Crippen molar-refractivity contribution in [2.75, 3.05) is 13.1 Å². The summed E-state index contributed by atoms with van der Waals surface area (Å²) in [4.78, 5) is 45.9. The third-order valence-corrected chi connectivity index (χ3v) is 8.81. The number of carbonyl (C=O) groups is 3. The Morgan fingerprint density at radius 2 is 1.90 bits per heavy atom. The first-order valence-corrected chi connectivity index (χ1v) is 14.1. The second-order valence-corrected chi connectivity index (χ2v) is 12.8. The zero-order valence-electron chi connectivity index (χ0n) is 22.7. The summed E-state index contributed by atoms with van der Waals surface area (Å²) >= 11 is 0. The second-order valence-electron chi connectivity index (χ2n) is 12.8. The van der Waals surface area contributed by atoms with E-state index in [-0.39, 0.29) is 48.3 Å². The Hall–Kier alpha value is -3.19. The van der Waals surface area contributed by atoms with Crippen LogP contribution in [0.2, 0.25) is 0 Å². The number of nitrogens with one attached hydrogen (secondary N) is 1. The predicted octanol–water partition coefficient (Wildman–Crippen LogP) is 2.97. The molecule has 0 spiro atoms. The highest BCUT2D eigenvalue weighted by Crippen LogP contribution is 2.50. The lowest BCUT2D eigenvalue weighted by molar-refractivity contribution is -0.142. The Balaban J connectivity index is 1.19. The number of piperidine rings is 1. The number of carbonyl (C=O) groups excluding carboxylic acids is 3. The van der Waals surface area contributed by atoms with E-state index in [1.807, 2.05) is 9.80 Å². The number of ether oxygens (including phenoxy) is 1. The normalized spacial score (nSPS) is 31.1. The number of nitrogens with zero attached hydrogens (tertiary/aromatic N) is 4. The van der Waals surface area contributed by atoms with E-state index < -0.39 is 23.8 Å². The Kier molecular flexibility index (Phi) is 6.33. The molecule has 4 unspecified atom stereocenters. The number of piperazine rings is 1. The summed E-state index contributed by atoms with van der Waals surface area (Å²) in [5.74, 6) is 0.168. The van der Waals surface area contributed by atoms with Crippen LogP contribution < -0.4 is 5.32 Å². The molecular formula is C29H36FN5O4. The number of alkyl carbamates (subject to hydrolysis) is 1. The monoisotopic (exact) mass is 537 g/mol. The zero-order valence-corrected chi connectivity index (χ0v) is 22.7. The molecule has 10 heteroatoms. The van der Waals surface area contributed by atoms with Crippen LogP contribution in [0.25, 0.3) is 0 Å². The van der Waals surface area contributed by atoms with Crippen LogP contribution in [0.15, 0.2) is 24.3 Å². The van der Waals surface area contributed by atoms with Crippen molar-refractivity contribution in [2.24, 2.45) is 11.8 Å². The van der Waals surface area contributed by atoms with Gasteiger partial charge in [0, 0.05) is 25.2 Å². The lowest BCUT2D eigenvalue weighted by Gasteiger charge is -2.40. The molecule has 1 aromatic carbocycles. The number of fused-ring (bicyclic) bond motifs is 3. The van der Waals surface area contributed by atoms with Gasteiger partial charge in [-0.15, -0.1) is 0 Å². The highest BCUT2D eigenvalue weighted by Gasteiger charge is 2.57. The maximum absolute atomic E-state index is 13.8. The van der Waals surface area contributed by atoms with Crippen molar-refractivity contribution < 1.29 is 23.5 Å². The first kappa shape index (κ1) is 26.1. The van der Waals surface area contributed by atoms with Crippen LogP contribution in [-0.2, 0) is 14.3 Å². The van der Waals surface area contributed by atoms with Crippen LogP contribution in [0.1, 0.15) is 64.5 Å². The van der Waals surface area contributed by atoms with Gasteiger partial charge in [0.25, 0.3) is 0 Å². The van der Waals surface area contributed by atoms with Gasteiger partial charge in [-0.05, 0) is 82.4 Å². The number of nitriles is 1. The van der Waals surface area contributed by atoms with Crippen molar-refractivity contribution in [1.82, 2.24) is 20.0 Å². The van der Waals surface area contributed by atoms with Crippen molar-refractivity contribution in [2.45, 2.75) is 94.7 Å². The molecule has 2 saturated carbocycles. The smallest absolute Gasteiger partial charge is 0.408 e. The first-order valence-electron chi connectivity index (χ1n) is 14.1. The molecule has 5 aliphatic rings. The highest BCUT2D eigenvalue weighted by atomic mass is 19.1. The molecule has 3 heterocycles. The quantitative estimate of drug-likeness (QED) is 0.573. The van der Waals surface area contributed by atoms with Crippen molar-refractivity contribution in [3.05, 3.63) is 35.6 Å². The number of amides is 3. The fourth-order valence-corrected chi connectivity index (χ4v) is 6.93. The largest absolute Gasteiger partial charge is 0.444 e. The van der Waals surface area contributed by atoms with Gasteiger partial charge in [0.1, 0.15) is 23.5 Å². The van der Waals surface area contributed by atoms with Crippen LogP contribution in [0.4, 0.5) is 9.18 Å². The summed E-state index contributed by atoms with van der Waals surface area (Å²) in [6.45, 7) is 6.04. The van der Waals surface area contributed by atoms with Gasteiger partial charge in [0.05, 0.1) is 18.2 Å². The SMILES string of the molecule is CC(C)(C)OC(=O)NC(CN1C[C@@H]2CC1C(=O)N2C(c1ccc(F)cc1)C1CC1)C(=O)N1C(C#N)C[C@@H]2C[C@@H]21. The van der Waals surface area contributed by atoms with E-state index in [9.17, 15) is 24.0 Å². The molecule has 39 heavy (non-hydrogen) atoms. The molecular weight excluding hydrogens is 501 g/mol. The number of benzene rings is 1. The van der Waals surface area contributed by atoms with Crippen molar-refractivity contribution in [1.29, 1.82) is 5.26 Å². The molecule has 3 saturated heterocycles. The maximum atomic E-state index is 13.8. The van der Waals surface area contributed by atoms with Gasteiger partial charge in [-0.3, -0.25) is 14.5 Å². The summed E-state index contributed by atoms with van der Waals surface area (Å²) in [7, 11) is 0. The predicted molar refractivity (Wildman–Crippen MR) is 138 cm³/mol. The Morgan fingerprint density at radius 1 is 1.18 bits per heavy atom. The summed E-state index contributed by atoms with van der Waals surface area (Å²) in [6, 6.07) is 6.87. The van der Waals surface area contributed by atoms with E-state index in [4.69, 9.17) is 4.74 Å². The van der Waals surface area contributed by atoms with Gasteiger partial charge < -0.3 is 19.9 Å². The summed E-state index contributed by atoms with van der Waals surface area (Å²) in [5.41, 5.74) is 0.227. The van der Waals surface area contributed by atoms with Crippen molar-refractivity contribution in [3.8, 4) is 6.07 Å². The minimum absolute atomic E-state index is 0.0121. The van der Waals surface area contributed by atoms with Gasteiger partial charge in [-0.25, -0.2) is 9.18 Å². The average molecular weight is 538 g/mol. The number of likely N-dealkylation sites (tertiary alicyclic amines) is 3. The average Bonchev–Trinajstić information content (AvgIpc) is 3.75. The lowest BCUT2D eigenvalue weighted by Crippen LogP contribution is -2.59. The number of halogens is 1. The van der Waals surface area contributed by atoms with E-state index in [0.29, 0.717) is 31.2 Å². The topological polar surface area (TPSA) is 106 Å².